The summed E-state index contributed by atoms with van der Waals surface area (Å²) in [6.45, 7) is 3.63. The number of hydrogen-bond acceptors (Lipinski definition) is 8. The van der Waals surface area contributed by atoms with Crippen LogP contribution in [-0.4, -0.2) is 36.5 Å². The number of phenolic OH excluding ortho intramolecular Hbond substituents is 1. The molecule has 9 heteroatoms. The van der Waals surface area contributed by atoms with E-state index in [0.29, 0.717) is 32.1 Å². The van der Waals surface area contributed by atoms with Crippen LogP contribution in [0.15, 0.2) is 63.5 Å². The lowest BCUT2D eigenvalue weighted by Gasteiger charge is -2.26. The summed E-state index contributed by atoms with van der Waals surface area (Å²) in [6.07, 6.45) is 1.73. The van der Waals surface area contributed by atoms with E-state index in [1.54, 1.807) is 69.5 Å². The molecule has 0 saturated heterocycles. The van der Waals surface area contributed by atoms with Gasteiger partial charge in [0.25, 0.3) is 5.56 Å². The maximum absolute atomic E-state index is 13.6. The first-order chi connectivity index (χ1) is 16.4. The third-order valence-corrected chi connectivity index (χ3v) is 6.42. The number of carbonyl (C=O) groups is 1. The van der Waals surface area contributed by atoms with Gasteiger partial charge >= 0.3 is 5.97 Å². The maximum Gasteiger partial charge on any atom is 0.338 e. The summed E-state index contributed by atoms with van der Waals surface area (Å²) in [5.74, 6) is 0.639. The quantitative estimate of drug-likeness (QED) is 0.545. The van der Waals surface area contributed by atoms with E-state index in [1.165, 1.54) is 23.0 Å². The highest BCUT2D eigenvalue weighted by Gasteiger charge is 2.35. The fourth-order valence-corrected chi connectivity index (χ4v) is 4.91. The van der Waals surface area contributed by atoms with Gasteiger partial charge in [-0.05, 0) is 55.8 Å². The number of esters is 1. The van der Waals surface area contributed by atoms with Gasteiger partial charge in [-0.25, -0.2) is 9.79 Å². The van der Waals surface area contributed by atoms with Crippen molar-refractivity contribution < 1.29 is 24.1 Å². The molecule has 34 heavy (non-hydrogen) atoms. The zero-order valence-corrected chi connectivity index (χ0v) is 20.0. The number of aromatic hydroxyl groups is 1. The van der Waals surface area contributed by atoms with E-state index >= 15 is 0 Å². The highest BCUT2D eigenvalue weighted by Crippen LogP contribution is 2.37. The van der Waals surface area contributed by atoms with Crippen molar-refractivity contribution in [3.63, 3.8) is 0 Å². The summed E-state index contributed by atoms with van der Waals surface area (Å²) in [5, 5.41) is 9.55. The number of fused-ring (bicyclic) bond motifs is 1. The van der Waals surface area contributed by atoms with Crippen LogP contribution >= 0.6 is 11.3 Å². The number of hydrogen-bond donors (Lipinski definition) is 1. The van der Waals surface area contributed by atoms with Gasteiger partial charge in [0.2, 0.25) is 0 Å². The zero-order chi connectivity index (χ0) is 24.4. The van der Waals surface area contributed by atoms with Crippen molar-refractivity contribution in [2.24, 2.45) is 4.99 Å². The van der Waals surface area contributed by atoms with Crippen LogP contribution in [0.1, 0.15) is 31.0 Å². The van der Waals surface area contributed by atoms with Crippen LogP contribution in [0.2, 0.25) is 0 Å². The minimum Gasteiger partial charge on any atom is -0.508 e. The van der Waals surface area contributed by atoms with Crippen LogP contribution in [0.3, 0.4) is 0 Å². The second-order valence-electron chi connectivity index (χ2n) is 7.50. The van der Waals surface area contributed by atoms with E-state index in [2.05, 4.69) is 4.99 Å². The second-order valence-corrected chi connectivity index (χ2v) is 8.51. The fourth-order valence-electron chi connectivity index (χ4n) is 3.86. The molecule has 0 spiro atoms. The zero-order valence-electron chi connectivity index (χ0n) is 19.2. The number of carbonyl (C=O) groups excluding carboxylic acids is 1. The number of nitrogens with zero attached hydrogens (tertiary/aromatic N) is 2. The average Bonchev–Trinajstić information content (AvgIpc) is 3.13. The number of allylic oxidation sites excluding steroid dienone is 1. The van der Waals surface area contributed by atoms with Crippen molar-refractivity contribution in [3.8, 4) is 17.2 Å². The molecular weight excluding hydrogens is 456 g/mol. The molecule has 0 bridgehead atoms. The SMILES string of the molecule is CCOC(=O)C1=C(C)N=c2s/c(=C\c3ccc(O)cc3)c(=O)n2[C@@H]1c1cc(OC)ccc1OC. The number of aromatic nitrogens is 1. The molecule has 1 atom stereocenters. The van der Waals surface area contributed by atoms with Gasteiger partial charge in [-0.3, -0.25) is 9.36 Å². The van der Waals surface area contributed by atoms with Gasteiger partial charge in [0.1, 0.15) is 23.3 Å². The van der Waals surface area contributed by atoms with Gasteiger partial charge in [0, 0.05) is 5.56 Å². The van der Waals surface area contributed by atoms with Gasteiger partial charge < -0.3 is 19.3 Å². The molecule has 1 aliphatic rings. The van der Waals surface area contributed by atoms with Gasteiger partial charge in [-0.15, -0.1) is 0 Å². The number of methoxy groups -OCH3 is 2. The van der Waals surface area contributed by atoms with Gasteiger partial charge in [-0.2, -0.15) is 0 Å². The largest absolute Gasteiger partial charge is 0.508 e. The summed E-state index contributed by atoms with van der Waals surface area (Å²) in [7, 11) is 3.07. The average molecular weight is 481 g/mol. The van der Waals surface area contributed by atoms with Crippen LogP contribution in [0.5, 0.6) is 17.2 Å². The molecule has 0 fully saturated rings. The number of phenols is 1. The Bertz CT molecular complexity index is 1450. The summed E-state index contributed by atoms with van der Waals surface area (Å²) in [6, 6.07) is 10.9. The van der Waals surface area contributed by atoms with E-state index in [1.807, 2.05) is 0 Å². The molecule has 2 aromatic carbocycles. The highest BCUT2D eigenvalue weighted by molar-refractivity contribution is 7.07. The number of ether oxygens (including phenoxy) is 3. The lowest BCUT2D eigenvalue weighted by Crippen LogP contribution is -2.40. The molecule has 2 heterocycles. The van der Waals surface area contributed by atoms with Crippen molar-refractivity contribution in [1.29, 1.82) is 0 Å². The molecule has 176 valence electrons. The third-order valence-electron chi connectivity index (χ3n) is 5.44. The molecule has 0 amide bonds. The van der Waals surface area contributed by atoms with Crippen LogP contribution in [0.4, 0.5) is 0 Å². The standard InChI is InChI=1S/C25H24N2O6S/c1-5-33-24(30)21-14(2)26-25-27(22(21)18-13-17(31-3)10-11-19(18)32-4)23(29)20(34-25)12-15-6-8-16(28)9-7-15/h6-13,22,28H,5H2,1-4H3/b20-12-/t22-/m1/s1. The van der Waals surface area contributed by atoms with Crippen LogP contribution in [0, 0.1) is 0 Å². The minimum absolute atomic E-state index is 0.137. The Morgan fingerprint density at radius 3 is 2.56 bits per heavy atom. The third kappa shape index (κ3) is 4.22. The lowest BCUT2D eigenvalue weighted by molar-refractivity contribution is -0.139. The Hall–Kier alpha value is -3.85. The van der Waals surface area contributed by atoms with Crippen molar-refractivity contribution in [3.05, 3.63) is 84.5 Å². The molecule has 4 rings (SSSR count). The first kappa shape index (κ1) is 23.3. The number of thiazole rings is 1. The molecule has 0 saturated carbocycles. The molecule has 8 nitrogen and oxygen atoms in total. The Labute approximate surface area is 199 Å². The van der Waals surface area contributed by atoms with E-state index < -0.39 is 12.0 Å². The molecule has 1 aromatic heterocycles. The molecule has 1 N–H and O–H groups in total. The topological polar surface area (TPSA) is 99.4 Å². The second kappa shape index (κ2) is 9.56. The Morgan fingerprint density at radius 1 is 1.18 bits per heavy atom. The molecular formula is C25H24N2O6S. The predicted octanol–water partition coefficient (Wildman–Crippen LogP) is 2.52. The smallest absolute Gasteiger partial charge is 0.338 e. The monoisotopic (exact) mass is 480 g/mol. The summed E-state index contributed by atoms with van der Waals surface area (Å²) in [5.41, 5.74) is 1.75. The first-order valence-corrected chi connectivity index (χ1v) is 11.4. The predicted molar refractivity (Wildman–Crippen MR) is 128 cm³/mol. The summed E-state index contributed by atoms with van der Waals surface area (Å²) in [4.78, 5) is 31.7. The molecule has 0 aliphatic carbocycles. The van der Waals surface area contributed by atoms with Crippen LogP contribution in [0.25, 0.3) is 6.08 Å². The highest BCUT2D eigenvalue weighted by atomic mass is 32.1. The normalized spacial score (nSPS) is 15.5. The number of benzene rings is 2. The van der Waals surface area contributed by atoms with Crippen molar-refractivity contribution in [2.75, 3.05) is 20.8 Å². The van der Waals surface area contributed by atoms with Gasteiger partial charge in [-0.1, -0.05) is 23.5 Å². The Kier molecular flexibility index (Phi) is 6.56. The van der Waals surface area contributed by atoms with Crippen molar-refractivity contribution in [2.45, 2.75) is 19.9 Å². The molecule has 0 radical (unpaired) electrons. The van der Waals surface area contributed by atoms with E-state index in [9.17, 15) is 14.7 Å². The summed E-state index contributed by atoms with van der Waals surface area (Å²) < 4.78 is 18.3. The fraction of sp³-hybridized carbons (Fsp3) is 0.240. The van der Waals surface area contributed by atoms with Gasteiger partial charge in [0.05, 0.1) is 36.6 Å². The summed E-state index contributed by atoms with van der Waals surface area (Å²) >= 11 is 1.22. The van der Waals surface area contributed by atoms with E-state index in [-0.39, 0.29) is 23.5 Å². The Balaban J connectivity index is 2.01. The van der Waals surface area contributed by atoms with E-state index in [4.69, 9.17) is 14.2 Å². The molecule has 0 unspecified atom stereocenters. The van der Waals surface area contributed by atoms with Crippen molar-refractivity contribution >= 4 is 23.4 Å². The van der Waals surface area contributed by atoms with Gasteiger partial charge in [0.15, 0.2) is 4.80 Å². The van der Waals surface area contributed by atoms with Crippen molar-refractivity contribution in [1.82, 2.24) is 4.57 Å². The van der Waals surface area contributed by atoms with E-state index in [0.717, 1.165) is 5.56 Å². The van der Waals surface area contributed by atoms with Crippen LogP contribution < -0.4 is 24.4 Å². The lowest BCUT2D eigenvalue weighted by atomic mass is 9.94. The number of rotatable bonds is 6. The Morgan fingerprint density at radius 2 is 1.91 bits per heavy atom. The maximum atomic E-state index is 13.6. The first-order valence-electron chi connectivity index (χ1n) is 10.6. The van der Waals surface area contributed by atoms with Crippen LogP contribution in [-0.2, 0) is 9.53 Å². The molecule has 1 aliphatic heterocycles. The minimum atomic E-state index is -0.817. The molecule has 3 aromatic rings.